The van der Waals surface area contributed by atoms with Crippen LogP contribution in [0.15, 0.2) is 46.1 Å². The Morgan fingerprint density at radius 3 is 2.62 bits per heavy atom. The first-order valence-corrected chi connectivity index (χ1v) is 12.7. The smallest absolute Gasteiger partial charge is 0.308 e. The zero-order valence-electron chi connectivity index (χ0n) is 17.3. The summed E-state index contributed by atoms with van der Waals surface area (Å²) in [6, 6.07) is 9.09. The molecule has 0 spiro atoms. The molecule has 0 radical (unpaired) electrons. The lowest BCUT2D eigenvalue weighted by atomic mass is 10.3. The monoisotopic (exact) mass is 495 g/mol. The van der Waals surface area contributed by atoms with E-state index in [1.54, 1.807) is 18.2 Å². The number of anilines is 1. The standard InChI is InChI=1S/C21H22ClN3O5S2/c1-30-18-7-4-14(12-16(18)22)23-32(28,29)15-5-6-17-19(13-15)31-21(27)25(17)11-8-20(26)24-9-2-3-10-24/h4-7,12-13,23H,2-3,8-11H2,1H3. The molecule has 2 heterocycles. The molecular weight excluding hydrogens is 474 g/mol. The summed E-state index contributed by atoms with van der Waals surface area (Å²) in [7, 11) is -2.42. The van der Waals surface area contributed by atoms with Gasteiger partial charge in [0.2, 0.25) is 5.91 Å². The van der Waals surface area contributed by atoms with Crippen LogP contribution in [-0.4, -0.2) is 44.0 Å². The molecule has 1 amide bonds. The maximum absolute atomic E-state index is 12.8. The number of rotatable bonds is 7. The Balaban J connectivity index is 1.55. The fourth-order valence-corrected chi connectivity index (χ4v) is 6.07. The minimum Gasteiger partial charge on any atom is -0.495 e. The molecule has 0 aliphatic carbocycles. The summed E-state index contributed by atoms with van der Waals surface area (Å²) in [5.41, 5.74) is 0.905. The van der Waals surface area contributed by atoms with E-state index >= 15 is 0 Å². The zero-order valence-corrected chi connectivity index (χ0v) is 19.7. The Bertz CT molecular complexity index is 1330. The van der Waals surface area contributed by atoms with E-state index in [-0.39, 0.29) is 33.7 Å². The highest BCUT2D eigenvalue weighted by molar-refractivity contribution is 7.92. The van der Waals surface area contributed by atoms with Gasteiger partial charge in [-0.3, -0.25) is 18.9 Å². The van der Waals surface area contributed by atoms with Crippen LogP contribution < -0.4 is 14.3 Å². The molecule has 1 fully saturated rings. The van der Waals surface area contributed by atoms with Gasteiger partial charge in [0.05, 0.1) is 32.9 Å². The third kappa shape index (κ3) is 4.62. The van der Waals surface area contributed by atoms with Crippen molar-refractivity contribution >= 4 is 54.8 Å². The molecule has 0 saturated carbocycles. The van der Waals surface area contributed by atoms with Crippen molar-refractivity contribution in [1.82, 2.24) is 9.47 Å². The summed E-state index contributed by atoms with van der Waals surface area (Å²) in [6.45, 7) is 1.81. The third-order valence-electron chi connectivity index (χ3n) is 5.36. The average molecular weight is 496 g/mol. The molecule has 170 valence electrons. The number of carbonyl (C=O) groups excluding carboxylic acids is 1. The fraction of sp³-hybridized carbons (Fsp3) is 0.333. The molecule has 4 rings (SSSR count). The lowest BCUT2D eigenvalue weighted by Crippen LogP contribution is -2.29. The van der Waals surface area contributed by atoms with Crippen molar-refractivity contribution in [2.75, 3.05) is 24.9 Å². The Kier molecular flexibility index (Phi) is 6.45. The van der Waals surface area contributed by atoms with Crippen molar-refractivity contribution in [2.45, 2.75) is 30.7 Å². The summed E-state index contributed by atoms with van der Waals surface area (Å²) in [5.74, 6) is 0.473. The minimum absolute atomic E-state index is 0.0264. The van der Waals surface area contributed by atoms with Crippen molar-refractivity contribution in [2.24, 2.45) is 0 Å². The predicted molar refractivity (Wildman–Crippen MR) is 125 cm³/mol. The number of likely N-dealkylation sites (tertiary alicyclic amines) is 1. The van der Waals surface area contributed by atoms with Gasteiger partial charge in [-0.25, -0.2) is 8.42 Å². The van der Waals surface area contributed by atoms with Crippen LogP contribution in [0.3, 0.4) is 0 Å². The van der Waals surface area contributed by atoms with Gasteiger partial charge in [-0.05, 0) is 49.2 Å². The van der Waals surface area contributed by atoms with Crippen LogP contribution in [0.1, 0.15) is 19.3 Å². The molecule has 1 aromatic heterocycles. The maximum atomic E-state index is 12.8. The van der Waals surface area contributed by atoms with Gasteiger partial charge in [0, 0.05) is 26.1 Å². The number of aromatic nitrogens is 1. The van der Waals surface area contributed by atoms with E-state index < -0.39 is 10.0 Å². The number of methoxy groups -OCH3 is 1. The zero-order chi connectivity index (χ0) is 22.9. The second-order valence-corrected chi connectivity index (χ2v) is 10.5. The van der Waals surface area contributed by atoms with Crippen molar-refractivity contribution in [3.05, 3.63) is 51.1 Å². The van der Waals surface area contributed by atoms with Crippen LogP contribution in [0.4, 0.5) is 5.69 Å². The molecule has 32 heavy (non-hydrogen) atoms. The normalized spacial score (nSPS) is 14.1. The average Bonchev–Trinajstić information content (AvgIpc) is 3.39. The van der Waals surface area contributed by atoms with Gasteiger partial charge in [-0.2, -0.15) is 0 Å². The second kappa shape index (κ2) is 9.13. The summed E-state index contributed by atoms with van der Waals surface area (Å²) in [6.07, 6.45) is 2.27. The third-order valence-corrected chi connectivity index (χ3v) is 7.98. The number of thiazole rings is 1. The number of aryl methyl sites for hydroxylation is 1. The molecule has 3 aromatic rings. The lowest BCUT2D eigenvalue weighted by molar-refractivity contribution is -0.130. The summed E-state index contributed by atoms with van der Waals surface area (Å²) >= 11 is 7.03. The molecule has 1 saturated heterocycles. The van der Waals surface area contributed by atoms with Crippen molar-refractivity contribution in [3.8, 4) is 5.75 Å². The molecule has 1 N–H and O–H groups in total. The number of benzene rings is 2. The largest absolute Gasteiger partial charge is 0.495 e. The highest BCUT2D eigenvalue weighted by Gasteiger charge is 2.20. The molecule has 11 heteroatoms. The Hall–Kier alpha value is -2.56. The van der Waals surface area contributed by atoms with Crippen molar-refractivity contribution in [3.63, 3.8) is 0 Å². The summed E-state index contributed by atoms with van der Waals surface area (Å²) in [4.78, 5) is 26.4. The molecule has 1 aliphatic rings. The van der Waals surface area contributed by atoms with Crippen LogP contribution in [0.5, 0.6) is 5.75 Å². The Morgan fingerprint density at radius 2 is 1.94 bits per heavy atom. The highest BCUT2D eigenvalue weighted by atomic mass is 35.5. The molecule has 1 aliphatic heterocycles. The molecule has 2 aromatic carbocycles. The Morgan fingerprint density at radius 1 is 1.19 bits per heavy atom. The van der Waals surface area contributed by atoms with Crippen molar-refractivity contribution in [1.29, 1.82) is 0 Å². The number of hydrogen-bond donors (Lipinski definition) is 1. The number of halogens is 1. The number of fused-ring (bicyclic) bond motifs is 1. The van der Waals surface area contributed by atoms with E-state index in [4.69, 9.17) is 16.3 Å². The number of sulfonamides is 1. The van der Waals surface area contributed by atoms with Crippen LogP contribution in [-0.2, 0) is 21.4 Å². The molecular formula is C21H22ClN3O5S2. The van der Waals surface area contributed by atoms with Crippen LogP contribution in [0.25, 0.3) is 10.2 Å². The summed E-state index contributed by atoms with van der Waals surface area (Å²) < 4.78 is 35.3. The fourth-order valence-electron chi connectivity index (χ4n) is 3.70. The molecule has 8 nitrogen and oxygen atoms in total. The maximum Gasteiger partial charge on any atom is 0.308 e. The van der Waals surface area contributed by atoms with E-state index in [2.05, 4.69) is 4.72 Å². The minimum atomic E-state index is -3.90. The molecule has 0 unspecified atom stereocenters. The van der Waals surface area contributed by atoms with Crippen molar-refractivity contribution < 1.29 is 17.9 Å². The topological polar surface area (TPSA) is 97.7 Å². The van der Waals surface area contributed by atoms with Gasteiger partial charge in [-0.15, -0.1) is 0 Å². The first-order valence-electron chi connectivity index (χ1n) is 10.1. The number of carbonyl (C=O) groups is 1. The Labute approximate surface area is 194 Å². The van der Waals surface area contributed by atoms with E-state index in [0.29, 0.717) is 21.7 Å². The van der Waals surface area contributed by atoms with Crippen LogP contribution in [0, 0.1) is 0 Å². The van der Waals surface area contributed by atoms with Gasteiger partial charge in [-0.1, -0.05) is 22.9 Å². The van der Waals surface area contributed by atoms with E-state index in [0.717, 1.165) is 37.3 Å². The van der Waals surface area contributed by atoms with Crippen LogP contribution in [0.2, 0.25) is 5.02 Å². The van der Waals surface area contributed by atoms with E-state index in [1.165, 1.54) is 29.9 Å². The summed E-state index contributed by atoms with van der Waals surface area (Å²) in [5, 5.41) is 0.280. The number of amides is 1. The van der Waals surface area contributed by atoms with Crippen LogP contribution >= 0.6 is 22.9 Å². The van der Waals surface area contributed by atoms with Gasteiger partial charge in [0.1, 0.15) is 5.75 Å². The number of hydrogen-bond acceptors (Lipinski definition) is 6. The quantitative estimate of drug-likeness (QED) is 0.540. The van der Waals surface area contributed by atoms with E-state index in [1.807, 2.05) is 4.90 Å². The van der Waals surface area contributed by atoms with Gasteiger partial charge in [0.25, 0.3) is 10.0 Å². The SMILES string of the molecule is COc1ccc(NS(=O)(=O)c2ccc3c(c2)sc(=O)n3CCC(=O)N2CCCC2)cc1Cl. The van der Waals surface area contributed by atoms with Gasteiger partial charge in [0.15, 0.2) is 0 Å². The molecule has 0 bridgehead atoms. The molecule has 0 atom stereocenters. The van der Waals surface area contributed by atoms with Gasteiger partial charge >= 0.3 is 4.87 Å². The highest BCUT2D eigenvalue weighted by Crippen LogP contribution is 2.29. The first-order chi connectivity index (χ1) is 15.3. The lowest BCUT2D eigenvalue weighted by Gasteiger charge is -2.15. The predicted octanol–water partition coefficient (Wildman–Crippen LogP) is 3.54. The number of nitrogens with zero attached hydrogens (tertiary/aromatic N) is 2. The van der Waals surface area contributed by atoms with Gasteiger partial charge < -0.3 is 9.64 Å². The number of ether oxygens (including phenoxy) is 1. The van der Waals surface area contributed by atoms with E-state index in [9.17, 15) is 18.0 Å². The second-order valence-electron chi connectivity index (χ2n) is 7.44. The first kappa shape index (κ1) is 22.6. The number of nitrogens with one attached hydrogen (secondary N) is 1.